The number of anilines is 2. The molecular weight excluding hydrogens is 650 g/mol. The molecule has 0 fully saturated rings. The average Bonchev–Trinajstić information content (AvgIpc) is 3.32. The number of nitrogen functional groups attached to an aromatic ring is 1. The van der Waals surface area contributed by atoms with Crippen LogP contribution in [0.15, 0.2) is 71.6 Å². The number of nitrogens with two attached hydrogens (primary N) is 1. The number of aromatic nitrogens is 2. The van der Waals surface area contributed by atoms with Crippen molar-refractivity contribution in [2.75, 3.05) is 37.3 Å². The van der Waals surface area contributed by atoms with Gasteiger partial charge in [-0.05, 0) is 96.5 Å². The normalized spacial score (nSPS) is 12.7. The van der Waals surface area contributed by atoms with Crippen LogP contribution in [-0.2, 0) is 24.2 Å². The summed E-state index contributed by atoms with van der Waals surface area (Å²) in [6.45, 7) is 12.7. The molecule has 264 valence electrons. The zero-order valence-electron chi connectivity index (χ0n) is 29.1. The fourth-order valence-corrected chi connectivity index (χ4v) is 5.96. The number of hydrogen-bond donors (Lipinski definition) is 2. The third-order valence-corrected chi connectivity index (χ3v) is 8.41. The molecule has 0 aliphatic rings. The largest absolute Gasteiger partial charge is 0.492 e. The molecule has 4 rings (SSSR count). The van der Waals surface area contributed by atoms with Gasteiger partial charge in [0.25, 0.3) is 10.0 Å². The summed E-state index contributed by atoms with van der Waals surface area (Å²) in [4.78, 5) is 27.7. The number of nitrogens with zero attached hydrogens (tertiary/aromatic N) is 3. The Labute approximate surface area is 287 Å². The number of nitrogens with one attached hydrogen (secondary N) is 1. The van der Waals surface area contributed by atoms with E-state index in [0.717, 1.165) is 5.39 Å². The van der Waals surface area contributed by atoms with Crippen molar-refractivity contribution in [3.8, 4) is 5.75 Å². The Morgan fingerprint density at radius 2 is 1.65 bits per heavy atom. The smallest absolute Gasteiger partial charge is 0.435 e. The van der Waals surface area contributed by atoms with Crippen molar-refractivity contribution in [2.24, 2.45) is 0 Å². The maximum Gasteiger partial charge on any atom is 0.435 e. The van der Waals surface area contributed by atoms with Gasteiger partial charge in [0.15, 0.2) is 0 Å². The Bertz CT molecular complexity index is 1910. The van der Waals surface area contributed by atoms with Crippen molar-refractivity contribution in [1.29, 1.82) is 0 Å². The van der Waals surface area contributed by atoms with Crippen LogP contribution in [0, 0.1) is 6.92 Å². The number of carbonyl (C=O) groups is 2. The van der Waals surface area contributed by atoms with Crippen LogP contribution >= 0.6 is 0 Å². The van der Waals surface area contributed by atoms with Gasteiger partial charge in [0.05, 0.1) is 35.3 Å². The number of ether oxygens (including phenoxy) is 4. The van der Waals surface area contributed by atoms with E-state index < -0.39 is 39.5 Å². The van der Waals surface area contributed by atoms with Crippen LogP contribution in [0.2, 0.25) is 0 Å². The number of methoxy groups -OCH3 is 1. The predicted octanol–water partition coefficient (Wildman–Crippen LogP) is 6.51. The highest BCUT2D eigenvalue weighted by molar-refractivity contribution is 7.92. The summed E-state index contributed by atoms with van der Waals surface area (Å²) in [5.41, 5.74) is 6.77. The maximum absolute atomic E-state index is 13.4. The summed E-state index contributed by atoms with van der Waals surface area (Å²) in [5, 5.41) is 5.13. The van der Waals surface area contributed by atoms with E-state index in [1.54, 1.807) is 97.0 Å². The molecule has 1 atom stereocenters. The molecule has 3 N–H and O–H groups in total. The third kappa shape index (κ3) is 10.1. The SMILES string of the molecule is CO[C@@H](CN(CCOc1ccc2c(C)nn(C(=O)OC(C)(C)C)c2c1)C(=O)OC(C)(C)C)c1cccc(NS(=O)(=O)c2cccc(N)c2)c1. The average molecular weight is 696 g/mol. The molecule has 0 aliphatic carbocycles. The molecule has 0 aliphatic heterocycles. The molecule has 49 heavy (non-hydrogen) atoms. The zero-order valence-corrected chi connectivity index (χ0v) is 30.0. The fourth-order valence-electron chi connectivity index (χ4n) is 4.86. The molecule has 4 aromatic rings. The minimum absolute atomic E-state index is 0.0286. The van der Waals surface area contributed by atoms with Gasteiger partial charge >= 0.3 is 12.2 Å². The van der Waals surface area contributed by atoms with Gasteiger partial charge in [-0.1, -0.05) is 18.2 Å². The second kappa shape index (κ2) is 14.7. The van der Waals surface area contributed by atoms with E-state index in [-0.39, 0.29) is 24.6 Å². The molecule has 0 saturated heterocycles. The molecule has 1 amide bonds. The first-order chi connectivity index (χ1) is 22.8. The first kappa shape index (κ1) is 37.0. The van der Waals surface area contributed by atoms with Gasteiger partial charge in [0, 0.05) is 29.9 Å². The lowest BCUT2D eigenvalue weighted by molar-refractivity contribution is 0.00509. The molecule has 0 bridgehead atoms. The second-order valence-electron chi connectivity index (χ2n) is 13.5. The summed E-state index contributed by atoms with van der Waals surface area (Å²) >= 11 is 0. The first-order valence-corrected chi connectivity index (χ1v) is 17.2. The molecule has 0 saturated carbocycles. The van der Waals surface area contributed by atoms with E-state index in [1.807, 2.05) is 6.07 Å². The molecule has 1 heterocycles. The van der Waals surface area contributed by atoms with Crippen LogP contribution in [0.5, 0.6) is 5.75 Å². The third-order valence-electron chi connectivity index (χ3n) is 7.03. The van der Waals surface area contributed by atoms with E-state index in [0.29, 0.717) is 33.9 Å². The molecule has 0 radical (unpaired) electrons. The van der Waals surface area contributed by atoms with Gasteiger partial charge in [0.1, 0.15) is 23.6 Å². The van der Waals surface area contributed by atoms with E-state index in [2.05, 4.69) is 9.82 Å². The van der Waals surface area contributed by atoms with Crippen molar-refractivity contribution < 1.29 is 37.0 Å². The quantitative estimate of drug-likeness (QED) is 0.165. The lowest BCUT2D eigenvalue weighted by atomic mass is 10.1. The Balaban J connectivity index is 1.51. The van der Waals surface area contributed by atoms with E-state index in [1.165, 1.54) is 28.8 Å². The number of sulfonamides is 1. The molecule has 14 heteroatoms. The lowest BCUT2D eigenvalue weighted by Gasteiger charge is -2.30. The van der Waals surface area contributed by atoms with Gasteiger partial charge in [-0.2, -0.15) is 9.78 Å². The maximum atomic E-state index is 13.4. The standard InChI is InChI=1S/C35H45N5O8S/c1-23-29-16-15-27(21-30(29)40(37-23)33(42)48-35(5,6)7)46-18-17-39(32(41)47-34(2,3)4)22-31(45-8)24-11-9-13-26(19-24)38-49(43,44)28-14-10-12-25(36)20-28/h9-16,19-21,31,38H,17-18,22,36H2,1-8H3/t31-/m0/s1. The number of rotatable bonds is 11. The van der Waals surface area contributed by atoms with Crippen LogP contribution in [0.4, 0.5) is 21.0 Å². The van der Waals surface area contributed by atoms with Crippen molar-refractivity contribution in [2.45, 2.75) is 70.7 Å². The van der Waals surface area contributed by atoms with Crippen molar-refractivity contribution in [3.63, 3.8) is 0 Å². The highest BCUT2D eigenvalue weighted by Crippen LogP contribution is 2.27. The zero-order chi connectivity index (χ0) is 36.1. The Morgan fingerprint density at radius 3 is 2.31 bits per heavy atom. The Morgan fingerprint density at radius 1 is 0.959 bits per heavy atom. The number of benzene rings is 3. The summed E-state index contributed by atoms with van der Waals surface area (Å²) in [7, 11) is -2.41. The Kier molecular flexibility index (Phi) is 11.1. The van der Waals surface area contributed by atoms with Crippen LogP contribution in [0.3, 0.4) is 0 Å². The minimum Gasteiger partial charge on any atom is -0.492 e. The molecule has 0 unspecified atom stereocenters. The van der Waals surface area contributed by atoms with Crippen molar-refractivity contribution in [1.82, 2.24) is 14.7 Å². The number of amides is 1. The van der Waals surface area contributed by atoms with Crippen LogP contribution in [-0.4, -0.2) is 73.3 Å². The molecule has 3 aromatic carbocycles. The first-order valence-electron chi connectivity index (χ1n) is 15.7. The van der Waals surface area contributed by atoms with Crippen LogP contribution in [0.1, 0.15) is 58.9 Å². The summed E-state index contributed by atoms with van der Waals surface area (Å²) in [6.07, 6.45) is -1.83. The molecule has 1 aromatic heterocycles. The minimum atomic E-state index is -3.91. The van der Waals surface area contributed by atoms with Crippen molar-refractivity contribution in [3.05, 3.63) is 78.0 Å². The van der Waals surface area contributed by atoms with Gasteiger partial charge in [-0.15, -0.1) is 0 Å². The number of aryl methyl sites for hydroxylation is 1. The lowest BCUT2D eigenvalue weighted by Crippen LogP contribution is -2.41. The highest BCUT2D eigenvalue weighted by Gasteiger charge is 2.27. The van der Waals surface area contributed by atoms with Gasteiger partial charge in [-0.25, -0.2) is 18.0 Å². The van der Waals surface area contributed by atoms with E-state index >= 15 is 0 Å². The van der Waals surface area contributed by atoms with Gasteiger partial charge < -0.3 is 29.6 Å². The van der Waals surface area contributed by atoms with Crippen molar-refractivity contribution >= 4 is 44.5 Å². The molecule has 13 nitrogen and oxygen atoms in total. The summed E-state index contributed by atoms with van der Waals surface area (Å²) in [6, 6.07) is 18.0. The van der Waals surface area contributed by atoms with Gasteiger partial charge in [-0.3, -0.25) is 4.72 Å². The predicted molar refractivity (Wildman–Crippen MR) is 187 cm³/mol. The second-order valence-corrected chi connectivity index (χ2v) is 15.1. The summed E-state index contributed by atoms with van der Waals surface area (Å²) < 4.78 is 52.8. The van der Waals surface area contributed by atoms with E-state index in [9.17, 15) is 18.0 Å². The van der Waals surface area contributed by atoms with Crippen LogP contribution < -0.4 is 15.2 Å². The van der Waals surface area contributed by atoms with E-state index in [4.69, 9.17) is 24.7 Å². The monoisotopic (exact) mass is 695 g/mol. The number of fused-ring (bicyclic) bond motifs is 1. The molecular formula is C35H45N5O8S. The molecule has 0 spiro atoms. The topological polar surface area (TPSA) is 164 Å². The number of carbonyl (C=O) groups excluding carboxylic acids is 2. The Hall–Kier alpha value is -4.82. The van der Waals surface area contributed by atoms with Crippen LogP contribution in [0.25, 0.3) is 10.9 Å². The summed E-state index contributed by atoms with van der Waals surface area (Å²) in [5.74, 6) is 0.463. The number of hydrogen-bond acceptors (Lipinski definition) is 10. The fraction of sp³-hybridized carbons (Fsp3) is 0.400. The highest BCUT2D eigenvalue weighted by atomic mass is 32.2. The van der Waals surface area contributed by atoms with Gasteiger partial charge in [0.2, 0.25) is 0 Å².